The van der Waals surface area contributed by atoms with Gasteiger partial charge in [-0.2, -0.15) is 13.2 Å². The first-order valence-corrected chi connectivity index (χ1v) is 3.64. The summed E-state index contributed by atoms with van der Waals surface area (Å²) in [5.41, 5.74) is 0. The first-order chi connectivity index (χ1) is 6.50. The Labute approximate surface area is 73.2 Å². The van der Waals surface area contributed by atoms with E-state index in [2.05, 4.69) is 15.5 Å². The SMILES string of the molecule is [2H]C1CNCc2nnc(C(F)(F)F)n21. The standard InChI is InChI=1S/C6H7F3N4/c7-6(8,9)5-12-11-4-3-10-1-2-13(4)5/h10H,1-3H2/i2D. The van der Waals surface area contributed by atoms with Gasteiger partial charge in [0.1, 0.15) is 5.82 Å². The second-order valence-corrected chi connectivity index (χ2v) is 2.62. The predicted octanol–water partition coefficient (Wildman–Crippen LogP) is 0.400. The van der Waals surface area contributed by atoms with Crippen LogP contribution in [0.5, 0.6) is 0 Å². The summed E-state index contributed by atoms with van der Waals surface area (Å²) in [6.07, 6.45) is -4.54. The number of hydrogen-bond donors (Lipinski definition) is 1. The molecule has 1 unspecified atom stereocenters. The monoisotopic (exact) mass is 193 g/mol. The van der Waals surface area contributed by atoms with Crippen molar-refractivity contribution >= 4 is 0 Å². The van der Waals surface area contributed by atoms with Crippen LogP contribution in [0.25, 0.3) is 0 Å². The predicted molar refractivity (Wildman–Crippen MR) is 36.7 cm³/mol. The molecular weight excluding hydrogens is 185 g/mol. The van der Waals surface area contributed by atoms with Gasteiger partial charge in [0.25, 0.3) is 0 Å². The van der Waals surface area contributed by atoms with Gasteiger partial charge in [0.2, 0.25) is 5.82 Å². The first kappa shape index (κ1) is 7.31. The highest BCUT2D eigenvalue weighted by molar-refractivity contribution is 5.01. The van der Waals surface area contributed by atoms with E-state index in [9.17, 15) is 13.2 Å². The molecule has 0 fully saturated rings. The van der Waals surface area contributed by atoms with E-state index in [1.807, 2.05) is 0 Å². The van der Waals surface area contributed by atoms with Crippen LogP contribution in [0.4, 0.5) is 13.2 Å². The van der Waals surface area contributed by atoms with Crippen LogP contribution in [0.1, 0.15) is 13.0 Å². The molecule has 4 nitrogen and oxygen atoms in total. The Morgan fingerprint density at radius 1 is 1.46 bits per heavy atom. The third kappa shape index (κ3) is 1.39. The fraction of sp³-hybridized carbons (Fsp3) is 0.667. The summed E-state index contributed by atoms with van der Waals surface area (Å²) in [4.78, 5) is 0. The highest BCUT2D eigenvalue weighted by Gasteiger charge is 2.38. The maximum Gasteiger partial charge on any atom is 0.451 e. The van der Waals surface area contributed by atoms with E-state index in [0.717, 1.165) is 4.57 Å². The number of nitrogens with one attached hydrogen (secondary N) is 1. The fourth-order valence-electron chi connectivity index (χ4n) is 1.17. The molecule has 2 heterocycles. The first-order valence-electron chi connectivity index (χ1n) is 4.22. The van der Waals surface area contributed by atoms with Crippen molar-refractivity contribution < 1.29 is 14.5 Å². The summed E-state index contributed by atoms with van der Waals surface area (Å²) in [5, 5.41) is 9.21. The van der Waals surface area contributed by atoms with Crippen LogP contribution >= 0.6 is 0 Å². The van der Waals surface area contributed by atoms with Gasteiger partial charge in [0.05, 0.1) is 7.92 Å². The lowest BCUT2D eigenvalue weighted by Crippen LogP contribution is -2.30. The van der Waals surface area contributed by atoms with Crippen LogP contribution in [0.3, 0.4) is 0 Å². The van der Waals surface area contributed by atoms with Gasteiger partial charge < -0.3 is 9.88 Å². The van der Waals surface area contributed by atoms with Crippen molar-refractivity contribution in [3.8, 4) is 0 Å². The van der Waals surface area contributed by atoms with Gasteiger partial charge in [-0.25, -0.2) is 0 Å². The maximum absolute atomic E-state index is 12.4. The molecule has 1 atom stereocenters. The normalized spacial score (nSPS) is 23.9. The number of alkyl halides is 3. The molecule has 1 aliphatic heterocycles. The van der Waals surface area contributed by atoms with E-state index in [1.54, 1.807) is 0 Å². The molecule has 0 saturated heterocycles. The molecule has 13 heavy (non-hydrogen) atoms. The van der Waals surface area contributed by atoms with Crippen molar-refractivity contribution in [2.45, 2.75) is 19.2 Å². The fourth-order valence-corrected chi connectivity index (χ4v) is 1.17. The summed E-state index contributed by atoms with van der Waals surface area (Å²) in [5.74, 6) is -0.933. The molecule has 1 aliphatic rings. The summed E-state index contributed by atoms with van der Waals surface area (Å²) >= 11 is 0. The highest BCUT2D eigenvalue weighted by Crippen LogP contribution is 2.28. The van der Waals surface area contributed by atoms with Crippen LogP contribution in [0.2, 0.25) is 0 Å². The second-order valence-electron chi connectivity index (χ2n) is 2.62. The Morgan fingerprint density at radius 3 is 2.92 bits per heavy atom. The topological polar surface area (TPSA) is 42.7 Å². The van der Waals surface area contributed by atoms with E-state index in [4.69, 9.17) is 1.37 Å². The van der Waals surface area contributed by atoms with Crippen molar-refractivity contribution in [2.24, 2.45) is 0 Å². The number of fused-ring (bicyclic) bond motifs is 1. The van der Waals surface area contributed by atoms with Crippen molar-refractivity contribution in [1.29, 1.82) is 0 Å². The summed E-state index contributed by atoms with van der Waals surface area (Å²) in [6.45, 7) is -0.613. The molecule has 2 rings (SSSR count). The molecule has 0 bridgehead atoms. The van der Waals surface area contributed by atoms with Gasteiger partial charge in [0.15, 0.2) is 0 Å². The van der Waals surface area contributed by atoms with Crippen molar-refractivity contribution in [3.05, 3.63) is 11.6 Å². The number of aromatic nitrogens is 3. The minimum atomic E-state index is -4.54. The van der Waals surface area contributed by atoms with Crippen LogP contribution in [-0.2, 0) is 19.2 Å². The van der Waals surface area contributed by atoms with Crippen LogP contribution in [-0.4, -0.2) is 21.3 Å². The number of halogens is 3. The molecule has 72 valence electrons. The number of hydrogen-bond acceptors (Lipinski definition) is 3. The van der Waals surface area contributed by atoms with E-state index >= 15 is 0 Å². The van der Waals surface area contributed by atoms with Crippen molar-refractivity contribution in [2.75, 3.05) is 6.54 Å². The largest absolute Gasteiger partial charge is 0.451 e. The van der Waals surface area contributed by atoms with Gasteiger partial charge >= 0.3 is 6.18 Å². The smallest absolute Gasteiger partial charge is 0.308 e. The molecule has 7 heteroatoms. The van der Waals surface area contributed by atoms with Crippen LogP contribution < -0.4 is 5.32 Å². The molecule has 1 aromatic heterocycles. The van der Waals surface area contributed by atoms with E-state index in [1.165, 1.54) is 0 Å². The van der Waals surface area contributed by atoms with Crippen molar-refractivity contribution in [1.82, 2.24) is 20.1 Å². The summed E-state index contributed by atoms with van der Waals surface area (Å²) in [7, 11) is 0. The zero-order chi connectivity index (χ0) is 10.3. The third-order valence-electron chi connectivity index (χ3n) is 1.72. The Kier molecular flexibility index (Phi) is 1.51. The third-order valence-corrected chi connectivity index (χ3v) is 1.72. The minimum Gasteiger partial charge on any atom is -0.308 e. The zero-order valence-electron chi connectivity index (χ0n) is 7.47. The maximum atomic E-state index is 12.4. The van der Waals surface area contributed by atoms with Crippen LogP contribution in [0, 0.1) is 0 Å². The molecule has 0 spiro atoms. The Morgan fingerprint density at radius 2 is 2.23 bits per heavy atom. The van der Waals surface area contributed by atoms with Gasteiger partial charge in [-0.05, 0) is 0 Å². The Balaban J connectivity index is 2.49. The number of rotatable bonds is 0. The second kappa shape index (κ2) is 2.69. The lowest BCUT2D eigenvalue weighted by Gasteiger charge is -2.16. The Bertz CT molecular complexity index is 347. The van der Waals surface area contributed by atoms with Crippen molar-refractivity contribution in [3.63, 3.8) is 0 Å². The van der Waals surface area contributed by atoms with Crippen LogP contribution in [0.15, 0.2) is 0 Å². The average Bonchev–Trinajstić information content (AvgIpc) is 2.47. The van der Waals surface area contributed by atoms with Gasteiger partial charge in [0, 0.05) is 13.1 Å². The quantitative estimate of drug-likeness (QED) is 0.648. The summed E-state index contributed by atoms with van der Waals surface area (Å²) in [6, 6.07) is 0. The van der Waals surface area contributed by atoms with Gasteiger partial charge in [-0.1, -0.05) is 0 Å². The number of nitrogens with zero attached hydrogens (tertiary/aromatic N) is 3. The van der Waals surface area contributed by atoms with Gasteiger partial charge in [-0.15, -0.1) is 10.2 Å². The zero-order valence-corrected chi connectivity index (χ0v) is 6.47. The molecule has 0 radical (unpaired) electrons. The molecule has 0 aliphatic carbocycles. The van der Waals surface area contributed by atoms with E-state index in [0.29, 0.717) is 0 Å². The Hall–Kier alpha value is -1.11. The van der Waals surface area contributed by atoms with E-state index < -0.39 is 18.5 Å². The highest BCUT2D eigenvalue weighted by atomic mass is 19.4. The van der Waals surface area contributed by atoms with E-state index in [-0.39, 0.29) is 18.9 Å². The lowest BCUT2D eigenvalue weighted by molar-refractivity contribution is -0.147. The molecule has 1 N–H and O–H groups in total. The minimum absolute atomic E-state index is 0.156. The molecule has 0 amide bonds. The average molecular weight is 193 g/mol. The molecule has 0 aromatic carbocycles. The molecule has 0 saturated carbocycles. The summed E-state index contributed by atoms with van der Waals surface area (Å²) < 4.78 is 45.3. The lowest BCUT2D eigenvalue weighted by atomic mass is 10.4. The molecule has 1 aromatic rings. The van der Waals surface area contributed by atoms with Gasteiger partial charge in [-0.3, -0.25) is 0 Å². The molecular formula is C6H7F3N4.